The van der Waals surface area contributed by atoms with Gasteiger partial charge in [-0.2, -0.15) is 0 Å². The second-order valence-electron chi connectivity index (χ2n) is 6.62. The third kappa shape index (κ3) is 7.04. The van der Waals surface area contributed by atoms with Crippen molar-refractivity contribution in [3.05, 3.63) is 35.9 Å². The van der Waals surface area contributed by atoms with Crippen molar-refractivity contribution >= 4 is 11.9 Å². The quantitative estimate of drug-likeness (QED) is 0.522. The van der Waals surface area contributed by atoms with Crippen LogP contribution in [0.5, 0.6) is 0 Å². The van der Waals surface area contributed by atoms with Crippen LogP contribution < -0.4 is 10.6 Å². The van der Waals surface area contributed by atoms with Gasteiger partial charge in [0, 0.05) is 32.1 Å². The fourth-order valence-electron chi connectivity index (χ4n) is 2.97. The summed E-state index contributed by atoms with van der Waals surface area (Å²) in [6, 6.07) is 10.3. The minimum Gasteiger partial charge on any atom is -0.376 e. The molecule has 1 unspecified atom stereocenters. The summed E-state index contributed by atoms with van der Waals surface area (Å²) in [5.41, 5.74) is 1.20. The molecule has 0 aromatic heterocycles. The smallest absolute Gasteiger partial charge is 0.241 e. The Hall–Kier alpha value is -2.08. The molecule has 1 fully saturated rings. The number of carbonyl (C=O) groups is 1. The molecule has 1 atom stereocenters. The zero-order valence-electron chi connectivity index (χ0n) is 16.0. The van der Waals surface area contributed by atoms with Crippen LogP contribution in [0.1, 0.15) is 32.3 Å². The summed E-state index contributed by atoms with van der Waals surface area (Å²) in [4.78, 5) is 18.5. The van der Waals surface area contributed by atoms with Gasteiger partial charge >= 0.3 is 0 Å². The van der Waals surface area contributed by atoms with Gasteiger partial charge in [0.15, 0.2) is 5.96 Å². The summed E-state index contributed by atoms with van der Waals surface area (Å²) in [6.07, 6.45) is 2.02. The number of hydrogen-bond donors (Lipinski definition) is 2. The lowest BCUT2D eigenvalue weighted by Crippen LogP contribution is -2.41. The first-order valence-electron chi connectivity index (χ1n) is 9.64. The van der Waals surface area contributed by atoms with Crippen LogP contribution in [0, 0.1) is 5.92 Å². The molecule has 6 nitrogen and oxygen atoms in total. The lowest BCUT2D eigenvalue weighted by molar-refractivity contribution is -0.119. The molecule has 1 aliphatic rings. The number of benzene rings is 1. The zero-order valence-corrected chi connectivity index (χ0v) is 16.0. The van der Waals surface area contributed by atoms with Gasteiger partial charge in [-0.05, 0) is 25.3 Å². The standard InChI is InChI=1S/C20H32N4O2/c1-3-11-22-19(25)13-23-20(21-4-2)24-12-10-18(14-24)16-26-15-17-8-6-5-7-9-17/h5-9,18H,3-4,10-16H2,1-2H3,(H,21,23)(H,22,25). The largest absolute Gasteiger partial charge is 0.376 e. The molecule has 26 heavy (non-hydrogen) atoms. The second-order valence-corrected chi connectivity index (χ2v) is 6.62. The molecule has 6 heteroatoms. The summed E-state index contributed by atoms with van der Waals surface area (Å²) in [5, 5.41) is 6.15. The molecular formula is C20H32N4O2. The Bertz CT molecular complexity index is 562. The third-order valence-corrected chi connectivity index (χ3v) is 4.33. The van der Waals surface area contributed by atoms with E-state index in [1.807, 2.05) is 32.0 Å². The normalized spacial score (nSPS) is 17.4. The maximum Gasteiger partial charge on any atom is 0.241 e. The number of nitrogens with one attached hydrogen (secondary N) is 2. The summed E-state index contributed by atoms with van der Waals surface area (Å²) >= 11 is 0. The predicted octanol–water partition coefficient (Wildman–Crippen LogP) is 2.02. The average molecular weight is 361 g/mol. The van der Waals surface area contributed by atoms with Crippen LogP contribution in [0.4, 0.5) is 0 Å². The molecule has 2 N–H and O–H groups in total. The van der Waals surface area contributed by atoms with E-state index < -0.39 is 0 Å². The van der Waals surface area contributed by atoms with Crippen molar-refractivity contribution in [1.82, 2.24) is 15.5 Å². The molecule has 1 amide bonds. The molecule has 1 aliphatic heterocycles. The van der Waals surface area contributed by atoms with E-state index in [0.29, 0.717) is 19.1 Å². The first-order chi connectivity index (χ1) is 12.7. The lowest BCUT2D eigenvalue weighted by Gasteiger charge is -2.21. The van der Waals surface area contributed by atoms with Crippen LogP contribution >= 0.6 is 0 Å². The molecular weight excluding hydrogens is 328 g/mol. The van der Waals surface area contributed by atoms with Crippen molar-refractivity contribution in [2.24, 2.45) is 10.9 Å². The number of hydrogen-bond acceptors (Lipinski definition) is 3. The van der Waals surface area contributed by atoms with Crippen LogP contribution in [0.15, 0.2) is 35.3 Å². The van der Waals surface area contributed by atoms with Crippen LogP contribution in [-0.2, 0) is 16.1 Å². The number of amides is 1. The van der Waals surface area contributed by atoms with Crippen LogP contribution in [0.25, 0.3) is 0 Å². The Morgan fingerprint density at radius 2 is 2.08 bits per heavy atom. The van der Waals surface area contributed by atoms with Gasteiger partial charge in [0.2, 0.25) is 5.91 Å². The molecule has 144 valence electrons. The van der Waals surface area contributed by atoms with E-state index in [9.17, 15) is 4.79 Å². The maximum absolute atomic E-state index is 11.8. The van der Waals surface area contributed by atoms with E-state index in [1.165, 1.54) is 5.56 Å². The molecule has 1 aromatic carbocycles. The van der Waals surface area contributed by atoms with Crippen molar-refractivity contribution in [3.8, 4) is 0 Å². The molecule has 0 saturated carbocycles. The predicted molar refractivity (Wildman–Crippen MR) is 105 cm³/mol. The lowest BCUT2D eigenvalue weighted by atomic mass is 10.1. The first-order valence-corrected chi connectivity index (χ1v) is 9.64. The molecule has 0 aliphatic carbocycles. The number of likely N-dealkylation sites (tertiary alicyclic amines) is 1. The number of ether oxygens (including phenoxy) is 1. The van der Waals surface area contributed by atoms with E-state index in [2.05, 4.69) is 32.7 Å². The Kier molecular flexibility index (Phi) is 8.96. The minimum absolute atomic E-state index is 0.0239. The van der Waals surface area contributed by atoms with Gasteiger partial charge in [-0.3, -0.25) is 4.79 Å². The van der Waals surface area contributed by atoms with Crippen molar-refractivity contribution in [2.75, 3.05) is 39.3 Å². The van der Waals surface area contributed by atoms with Gasteiger partial charge in [-0.15, -0.1) is 0 Å². The van der Waals surface area contributed by atoms with Gasteiger partial charge in [-0.1, -0.05) is 37.3 Å². The van der Waals surface area contributed by atoms with Crippen LogP contribution in [0.2, 0.25) is 0 Å². The van der Waals surface area contributed by atoms with E-state index in [4.69, 9.17) is 4.74 Å². The van der Waals surface area contributed by atoms with E-state index in [0.717, 1.165) is 45.0 Å². The average Bonchev–Trinajstić information content (AvgIpc) is 3.13. The number of aliphatic imine (C=N–C) groups is 1. The highest BCUT2D eigenvalue weighted by molar-refractivity contribution is 5.85. The fraction of sp³-hybridized carbons (Fsp3) is 0.600. The topological polar surface area (TPSA) is 66.0 Å². The Balaban J connectivity index is 1.76. The SMILES string of the molecule is CCCNC(=O)CN=C(NCC)N1CCC(COCc2ccccc2)C1. The number of carbonyl (C=O) groups excluding carboxylic acids is 1. The molecule has 0 radical (unpaired) electrons. The monoisotopic (exact) mass is 360 g/mol. The molecule has 0 spiro atoms. The highest BCUT2D eigenvalue weighted by Gasteiger charge is 2.25. The van der Waals surface area contributed by atoms with Crippen LogP contribution in [-0.4, -0.2) is 56.1 Å². The van der Waals surface area contributed by atoms with E-state index in [-0.39, 0.29) is 12.5 Å². The summed E-state index contributed by atoms with van der Waals surface area (Å²) in [6.45, 7) is 9.02. The summed E-state index contributed by atoms with van der Waals surface area (Å²) in [5.74, 6) is 1.30. The van der Waals surface area contributed by atoms with Gasteiger partial charge in [0.25, 0.3) is 0 Å². The van der Waals surface area contributed by atoms with E-state index in [1.54, 1.807) is 0 Å². The van der Waals surface area contributed by atoms with Crippen molar-refractivity contribution < 1.29 is 9.53 Å². The van der Waals surface area contributed by atoms with E-state index >= 15 is 0 Å². The molecule has 1 saturated heterocycles. The van der Waals surface area contributed by atoms with Gasteiger partial charge in [0.05, 0.1) is 13.2 Å². The molecule has 1 aromatic rings. The fourth-order valence-corrected chi connectivity index (χ4v) is 2.97. The number of nitrogens with zero attached hydrogens (tertiary/aromatic N) is 2. The molecule has 2 rings (SSSR count). The first kappa shape index (κ1) is 20.2. The zero-order chi connectivity index (χ0) is 18.6. The second kappa shape index (κ2) is 11.5. The van der Waals surface area contributed by atoms with Gasteiger partial charge in [-0.25, -0.2) is 4.99 Å². The highest BCUT2D eigenvalue weighted by Crippen LogP contribution is 2.17. The highest BCUT2D eigenvalue weighted by atomic mass is 16.5. The minimum atomic E-state index is -0.0239. The summed E-state index contributed by atoms with van der Waals surface area (Å²) < 4.78 is 5.88. The van der Waals surface area contributed by atoms with Gasteiger partial charge < -0.3 is 20.3 Å². The Labute approximate surface area is 157 Å². The number of guanidine groups is 1. The van der Waals surface area contributed by atoms with Crippen molar-refractivity contribution in [1.29, 1.82) is 0 Å². The Morgan fingerprint density at radius 3 is 2.81 bits per heavy atom. The molecule has 0 bridgehead atoms. The van der Waals surface area contributed by atoms with Gasteiger partial charge in [0.1, 0.15) is 6.54 Å². The third-order valence-electron chi connectivity index (χ3n) is 4.33. The number of rotatable bonds is 9. The van der Waals surface area contributed by atoms with Crippen molar-refractivity contribution in [3.63, 3.8) is 0 Å². The molecule has 1 heterocycles. The Morgan fingerprint density at radius 1 is 1.27 bits per heavy atom. The maximum atomic E-state index is 11.8. The van der Waals surface area contributed by atoms with Crippen molar-refractivity contribution in [2.45, 2.75) is 33.3 Å². The van der Waals surface area contributed by atoms with Crippen LogP contribution in [0.3, 0.4) is 0 Å². The summed E-state index contributed by atoms with van der Waals surface area (Å²) in [7, 11) is 0.